The minimum atomic E-state index is -1.58. The number of anilines is 2. The van der Waals surface area contributed by atoms with Gasteiger partial charge in [0.05, 0.1) is 62.0 Å². The molecule has 5 heterocycles. The van der Waals surface area contributed by atoms with E-state index in [2.05, 4.69) is 22.0 Å². The number of imide groups is 1. The van der Waals surface area contributed by atoms with Gasteiger partial charge in [-0.2, -0.15) is 0 Å². The summed E-state index contributed by atoms with van der Waals surface area (Å²) in [5.74, 6) is -1.92. The molecule has 5 aromatic rings. The lowest BCUT2D eigenvalue weighted by molar-refractivity contribution is -0.137. The average Bonchev–Trinajstić information content (AvgIpc) is 1.70. The van der Waals surface area contributed by atoms with Gasteiger partial charge in [0, 0.05) is 62.2 Å². The number of ether oxygens (including phenoxy) is 6. The van der Waals surface area contributed by atoms with Crippen LogP contribution < -0.4 is 39.8 Å². The fourth-order valence-corrected chi connectivity index (χ4v) is 11.4. The van der Waals surface area contributed by atoms with E-state index in [4.69, 9.17) is 33.4 Å². The number of unbranched alkanes of at least 4 members (excludes halogenated alkanes) is 2. The first-order valence-corrected chi connectivity index (χ1v) is 29.7. The molecule has 0 aromatic heterocycles. The van der Waals surface area contributed by atoms with E-state index in [1.54, 1.807) is 55.1 Å². The number of aliphatic hydroxyl groups excluding tert-OH is 1. The lowest BCUT2D eigenvalue weighted by atomic mass is 9.93. The summed E-state index contributed by atoms with van der Waals surface area (Å²) in [6, 6.07) is 25.4. The highest BCUT2D eigenvalue weighted by Crippen LogP contribution is 2.43. The number of aliphatic hydroxyl groups is 1. The SMILES string of the molecule is COc1cc2c(cc1OCCOCCOc1cc3c(cc1OC)C(=O)N1Cc4ccccc4CC1C(O)N3C(=O)OCc1ccc(NC(=O)[C@H](C)NC(=O)[C@@H](NC(=O)CCCCCN3C(=O)C=CC3=O)C(C)C)cc1)N=C[C@@H]1Cc3ccccc3CN1C2=O. The Morgan fingerprint density at radius 2 is 1.27 bits per heavy atom. The third kappa shape index (κ3) is 14.2. The molecule has 0 aliphatic carbocycles. The quantitative estimate of drug-likeness (QED) is 0.0376. The van der Waals surface area contributed by atoms with Gasteiger partial charge in [-0.05, 0) is 90.6 Å². The zero-order chi connectivity index (χ0) is 62.9. The Hall–Kier alpha value is -9.61. The Morgan fingerprint density at radius 3 is 1.92 bits per heavy atom. The molecule has 0 fully saturated rings. The molecule has 23 heteroatoms. The van der Waals surface area contributed by atoms with E-state index in [-0.39, 0.29) is 117 Å². The summed E-state index contributed by atoms with van der Waals surface area (Å²) < 4.78 is 35.5. The molecule has 5 aliphatic heterocycles. The summed E-state index contributed by atoms with van der Waals surface area (Å²) in [5, 5.41) is 20.5. The first-order valence-electron chi connectivity index (χ1n) is 29.7. The Kier molecular flexibility index (Phi) is 19.7. The molecule has 0 spiro atoms. The Bertz CT molecular complexity index is 3570. The van der Waals surface area contributed by atoms with E-state index in [1.807, 2.05) is 53.6 Å². The lowest BCUT2D eigenvalue weighted by Gasteiger charge is -2.39. The number of hydrogen-bond acceptors (Lipinski definition) is 16. The summed E-state index contributed by atoms with van der Waals surface area (Å²) in [6.07, 6.45) is 4.37. The van der Waals surface area contributed by atoms with Gasteiger partial charge in [0.15, 0.2) is 29.2 Å². The average molecular weight is 1220 g/mol. The Labute approximate surface area is 514 Å². The van der Waals surface area contributed by atoms with Gasteiger partial charge in [0.2, 0.25) is 17.7 Å². The fraction of sp³-hybridized carbons (Fsp3) is 0.379. The van der Waals surface area contributed by atoms with Gasteiger partial charge in [0.1, 0.15) is 31.9 Å². The van der Waals surface area contributed by atoms with Gasteiger partial charge < -0.3 is 59.3 Å². The van der Waals surface area contributed by atoms with Gasteiger partial charge in [-0.3, -0.25) is 43.5 Å². The van der Waals surface area contributed by atoms with Crippen LogP contribution in [0.25, 0.3) is 0 Å². The third-order valence-corrected chi connectivity index (χ3v) is 16.3. The number of rotatable bonds is 24. The predicted octanol–water partition coefficient (Wildman–Crippen LogP) is 6.57. The molecule has 0 bridgehead atoms. The van der Waals surface area contributed by atoms with Crippen molar-refractivity contribution in [3.05, 3.63) is 148 Å². The van der Waals surface area contributed by atoms with Crippen molar-refractivity contribution >= 4 is 70.7 Å². The van der Waals surface area contributed by atoms with E-state index in [0.29, 0.717) is 66.2 Å². The molecular weight excluding hydrogens is 1140 g/mol. The number of carbonyl (C=O) groups excluding carboxylic acids is 8. The molecule has 0 saturated heterocycles. The minimum Gasteiger partial charge on any atom is -0.493 e. The molecule has 8 amide bonds. The minimum absolute atomic E-state index is 0.00141. The number of nitrogens with one attached hydrogen (secondary N) is 3. The van der Waals surface area contributed by atoms with E-state index in [1.165, 1.54) is 51.0 Å². The smallest absolute Gasteiger partial charge is 0.416 e. The predicted molar refractivity (Wildman–Crippen MR) is 326 cm³/mol. The highest BCUT2D eigenvalue weighted by molar-refractivity contribution is 6.13. The highest BCUT2D eigenvalue weighted by Gasteiger charge is 2.46. The van der Waals surface area contributed by atoms with Crippen LogP contribution in [0.15, 0.2) is 114 Å². The topological polar surface area (TPSA) is 274 Å². The van der Waals surface area contributed by atoms with Crippen molar-refractivity contribution in [1.29, 1.82) is 0 Å². The molecule has 4 N–H and O–H groups in total. The number of benzene rings is 5. The van der Waals surface area contributed by atoms with Crippen LogP contribution in [0.1, 0.15) is 95.0 Å². The Morgan fingerprint density at radius 1 is 0.663 bits per heavy atom. The van der Waals surface area contributed by atoms with Gasteiger partial charge in [-0.1, -0.05) is 80.9 Å². The van der Waals surface area contributed by atoms with Crippen LogP contribution in [0.2, 0.25) is 0 Å². The molecule has 5 aromatic carbocycles. The zero-order valence-electron chi connectivity index (χ0n) is 50.2. The van der Waals surface area contributed by atoms with Crippen molar-refractivity contribution in [3.63, 3.8) is 0 Å². The number of nitrogens with zero attached hydrogens (tertiary/aromatic N) is 5. The molecule has 0 saturated carbocycles. The van der Waals surface area contributed by atoms with Crippen LogP contribution in [0.5, 0.6) is 23.0 Å². The number of aliphatic imine (C=N–C) groups is 1. The molecule has 10 rings (SSSR count). The lowest BCUT2D eigenvalue weighted by Crippen LogP contribution is -2.55. The van der Waals surface area contributed by atoms with Crippen molar-refractivity contribution in [1.82, 2.24) is 25.3 Å². The second-order valence-electron chi connectivity index (χ2n) is 22.6. The second-order valence-corrected chi connectivity index (χ2v) is 22.6. The van der Waals surface area contributed by atoms with E-state index in [9.17, 15) is 43.5 Å². The number of hydrogen-bond donors (Lipinski definition) is 4. The van der Waals surface area contributed by atoms with Crippen LogP contribution in [-0.4, -0.2) is 151 Å². The van der Waals surface area contributed by atoms with Gasteiger partial charge >= 0.3 is 6.09 Å². The maximum atomic E-state index is 14.6. The summed E-state index contributed by atoms with van der Waals surface area (Å²) in [7, 11) is 2.93. The molecule has 5 aliphatic rings. The molecule has 0 radical (unpaired) electrons. The summed E-state index contributed by atoms with van der Waals surface area (Å²) in [4.78, 5) is 116. The largest absolute Gasteiger partial charge is 0.493 e. The number of fused-ring (bicyclic) bond motifs is 6. The molecule has 23 nitrogen and oxygen atoms in total. The van der Waals surface area contributed by atoms with Crippen molar-refractivity contribution in [2.24, 2.45) is 10.9 Å². The van der Waals surface area contributed by atoms with Crippen LogP contribution in [0.3, 0.4) is 0 Å². The van der Waals surface area contributed by atoms with Crippen molar-refractivity contribution in [2.45, 2.75) is 109 Å². The number of amides is 8. The fourth-order valence-electron chi connectivity index (χ4n) is 11.4. The van der Waals surface area contributed by atoms with Crippen LogP contribution in [0, 0.1) is 5.92 Å². The zero-order valence-corrected chi connectivity index (χ0v) is 50.2. The van der Waals surface area contributed by atoms with Gasteiger partial charge in [0.25, 0.3) is 23.6 Å². The highest BCUT2D eigenvalue weighted by atomic mass is 16.6. The van der Waals surface area contributed by atoms with Gasteiger partial charge in [-0.15, -0.1) is 0 Å². The molecular formula is C66H72N8O15. The molecule has 466 valence electrons. The number of carbonyl (C=O) groups is 8. The third-order valence-electron chi connectivity index (χ3n) is 16.3. The van der Waals surface area contributed by atoms with Crippen LogP contribution in [-0.2, 0) is 66.0 Å². The molecule has 2 unspecified atom stereocenters. The molecule has 5 atom stereocenters. The van der Waals surface area contributed by atoms with E-state index < -0.39 is 48.2 Å². The van der Waals surface area contributed by atoms with Crippen molar-refractivity contribution in [3.8, 4) is 23.0 Å². The Balaban J connectivity index is 0.738. The normalized spacial score (nSPS) is 17.9. The van der Waals surface area contributed by atoms with E-state index in [0.717, 1.165) is 26.5 Å². The van der Waals surface area contributed by atoms with Crippen LogP contribution >= 0.6 is 0 Å². The van der Waals surface area contributed by atoms with E-state index >= 15 is 0 Å². The summed E-state index contributed by atoms with van der Waals surface area (Å²) in [5.41, 5.74) is 5.98. The standard InChI is InChI=1S/C66H72N8O15/c1-39(2)60(70-57(75)17-7-6-12-24-71-58(76)22-23-59(71)77)62(79)68-40(3)61(78)69-46-20-18-41(19-21-46)38-89-66(83)74-51-34-56(54(85-5)32-49(51)64(81)73-37-45-16-11-9-14-43(45)30-52(73)65(74)82)88-28-26-86-25-27-87-55-33-50-48(31-53(55)84-4)63(80)72-36-44-15-10-8-13-42(44)29-47(72)35-67-50/h8-11,13-16,18-23,31-35,39-40,47,52,60,65,82H,6-7,12,17,24-30,36-38H2,1-5H3,(H,68,79)(H,69,78)(H,70,75)/t40-,47-,52?,60-,65?/m0/s1. The molecule has 89 heavy (non-hydrogen) atoms. The summed E-state index contributed by atoms with van der Waals surface area (Å²) in [6.45, 7) is 6.04. The summed E-state index contributed by atoms with van der Waals surface area (Å²) >= 11 is 0. The van der Waals surface area contributed by atoms with Crippen LogP contribution in [0.4, 0.5) is 21.9 Å². The monoisotopic (exact) mass is 1220 g/mol. The van der Waals surface area contributed by atoms with Crippen molar-refractivity contribution < 1.29 is 71.9 Å². The van der Waals surface area contributed by atoms with Crippen molar-refractivity contribution in [2.75, 3.05) is 57.4 Å². The maximum Gasteiger partial charge on any atom is 0.416 e. The maximum absolute atomic E-state index is 14.6. The first-order chi connectivity index (χ1) is 43.0. The van der Waals surface area contributed by atoms with Gasteiger partial charge in [-0.25, -0.2) is 9.69 Å². The first kappa shape index (κ1) is 62.4. The number of methoxy groups -OCH3 is 2. The second kappa shape index (κ2) is 28.0.